The number of anilines is 1. The van der Waals surface area contributed by atoms with Crippen LogP contribution in [0.1, 0.15) is 31.4 Å². The molecule has 1 aromatic carbocycles. The zero-order valence-corrected chi connectivity index (χ0v) is 14.0. The summed E-state index contributed by atoms with van der Waals surface area (Å²) in [4.78, 5) is 13.9. The molecule has 0 aromatic heterocycles. The van der Waals surface area contributed by atoms with E-state index in [2.05, 4.69) is 48.0 Å². The molecule has 1 amide bonds. The minimum atomic E-state index is 0.0435. The molecule has 0 spiro atoms. The van der Waals surface area contributed by atoms with Crippen molar-refractivity contribution in [1.29, 1.82) is 0 Å². The van der Waals surface area contributed by atoms with E-state index < -0.39 is 0 Å². The molecule has 0 unspecified atom stereocenters. The molecule has 20 heavy (non-hydrogen) atoms. The fourth-order valence-corrected chi connectivity index (χ4v) is 3.03. The number of nitrogens with zero attached hydrogens (tertiary/aromatic N) is 1. The second kappa shape index (κ2) is 6.27. The van der Waals surface area contributed by atoms with Gasteiger partial charge in [0.05, 0.1) is 0 Å². The molecule has 1 aliphatic rings. The van der Waals surface area contributed by atoms with E-state index in [1.165, 1.54) is 11.1 Å². The van der Waals surface area contributed by atoms with Crippen molar-refractivity contribution in [2.45, 2.75) is 37.4 Å². The summed E-state index contributed by atoms with van der Waals surface area (Å²) in [5, 5.41) is 0. The highest BCUT2D eigenvalue weighted by Gasteiger charge is 2.23. The van der Waals surface area contributed by atoms with E-state index in [0.29, 0.717) is 0 Å². The minimum absolute atomic E-state index is 0.0435. The van der Waals surface area contributed by atoms with Gasteiger partial charge in [-0.15, -0.1) is 0 Å². The van der Waals surface area contributed by atoms with Gasteiger partial charge >= 0.3 is 0 Å². The van der Waals surface area contributed by atoms with Gasteiger partial charge in [0.25, 0.3) is 5.91 Å². The first-order valence-corrected chi connectivity index (χ1v) is 7.80. The van der Waals surface area contributed by atoms with Crippen LogP contribution in [0.15, 0.2) is 18.2 Å². The third-order valence-electron chi connectivity index (χ3n) is 3.46. The molecule has 3 nitrogen and oxygen atoms in total. The van der Waals surface area contributed by atoms with Gasteiger partial charge in [-0.25, -0.2) is 0 Å². The highest BCUT2D eigenvalue weighted by atomic mass is 79.9. The Labute approximate surface area is 129 Å². The van der Waals surface area contributed by atoms with Gasteiger partial charge in [0.15, 0.2) is 0 Å². The van der Waals surface area contributed by atoms with Gasteiger partial charge in [-0.2, -0.15) is 0 Å². The lowest BCUT2D eigenvalue weighted by molar-refractivity contribution is -0.122. The molecule has 2 rings (SSSR count). The first-order valence-electron chi connectivity index (χ1n) is 7.01. The van der Waals surface area contributed by atoms with Crippen LogP contribution in [-0.4, -0.2) is 30.5 Å². The van der Waals surface area contributed by atoms with Crippen molar-refractivity contribution in [2.75, 3.05) is 25.2 Å². The zero-order chi connectivity index (χ0) is 14.8. The first kappa shape index (κ1) is 15.5. The number of hydrogen-bond acceptors (Lipinski definition) is 2. The largest absolute Gasteiger partial charge is 0.375 e. The maximum absolute atomic E-state index is 12.1. The quantitative estimate of drug-likeness (QED) is 0.787. The van der Waals surface area contributed by atoms with Crippen LogP contribution in [0.3, 0.4) is 0 Å². The highest BCUT2D eigenvalue weighted by molar-refractivity contribution is 9.10. The minimum Gasteiger partial charge on any atom is -0.375 e. The van der Waals surface area contributed by atoms with Crippen LogP contribution in [0.2, 0.25) is 0 Å². The van der Waals surface area contributed by atoms with Gasteiger partial charge in [0, 0.05) is 23.7 Å². The zero-order valence-electron chi connectivity index (χ0n) is 12.4. The number of aryl methyl sites for hydroxylation is 1. The number of alkyl halides is 1. The van der Waals surface area contributed by atoms with Crippen molar-refractivity contribution in [1.82, 2.24) is 0 Å². The summed E-state index contributed by atoms with van der Waals surface area (Å²) >= 11 is 3.69. The summed E-state index contributed by atoms with van der Waals surface area (Å²) in [6.07, 6.45) is 3.04. The third kappa shape index (κ3) is 3.83. The van der Waals surface area contributed by atoms with E-state index in [1.807, 2.05) is 4.90 Å². The van der Waals surface area contributed by atoms with Crippen molar-refractivity contribution in [3.63, 3.8) is 0 Å². The molecule has 0 bridgehead atoms. The predicted molar refractivity (Wildman–Crippen MR) is 85.7 cm³/mol. The van der Waals surface area contributed by atoms with E-state index in [4.69, 9.17) is 4.74 Å². The Bertz CT molecular complexity index is 494. The third-order valence-corrected chi connectivity index (χ3v) is 3.74. The monoisotopic (exact) mass is 339 g/mol. The highest BCUT2D eigenvalue weighted by Crippen LogP contribution is 2.30. The fourth-order valence-electron chi connectivity index (χ4n) is 2.71. The molecule has 1 aliphatic heterocycles. The van der Waals surface area contributed by atoms with Crippen LogP contribution in [0.4, 0.5) is 5.69 Å². The smallest absolute Gasteiger partial charge is 0.252 e. The van der Waals surface area contributed by atoms with Crippen molar-refractivity contribution < 1.29 is 9.53 Å². The number of hydrogen-bond donors (Lipinski definition) is 0. The van der Waals surface area contributed by atoms with Crippen LogP contribution in [-0.2, 0) is 22.4 Å². The van der Waals surface area contributed by atoms with E-state index >= 15 is 0 Å². The Hall–Kier alpha value is -0.870. The lowest BCUT2D eigenvalue weighted by Gasteiger charge is -2.30. The van der Waals surface area contributed by atoms with Gasteiger partial charge in [-0.1, -0.05) is 28.1 Å². The van der Waals surface area contributed by atoms with Crippen molar-refractivity contribution in [2.24, 2.45) is 0 Å². The average Bonchev–Trinajstić information content (AvgIpc) is 2.36. The lowest BCUT2D eigenvalue weighted by Crippen LogP contribution is -2.37. The second-order valence-electron chi connectivity index (χ2n) is 5.94. The Balaban J connectivity index is 2.24. The fraction of sp³-hybridized carbons (Fsp3) is 0.562. The number of methoxy groups -OCH3 is 1. The van der Waals surface area contributed by atoms with Crippen LogP contribution < -0.4 is 4.90 Å². The molecule has 1 aromatic rings. The second-order valence-corrected chi connectivity index (χ2v) is 8.09. The first-order chi connectivity index (χ1) is 9.40. The SMILES string of the molecule is COCC(=O)N1CCCc2cc(CC(C)(C)Br)ccc21. The van der Waals surface area contributed by atoms with Gasteiger partial charge in [-0.05, 0) is 50.3 Å². The normalized spacial score (nSPS) is 15.1. The van der Waals surface area contributed by atoms with Gasteiger partial charge in [-0.3, -0.25) is 4.79 Å². The molecule has 0 saturated heterocycles. The van der Waals surface area contributed by atoms with Gasteiger partial charge in [0.1, 0.15) is 6.61 Å². The molecule has 110 valence electrons. The molecule has 0 saturated carbocycles. The van der Waals surface area contributed by atoms with Gasteiger partial charge in [0.2, 0.25) is 0 Å². The van der Waals surface area contributed by atoms with Crippen LogP contribution in [0, 0.1) is 0 Å². The summed E-state index contributed by atoms with van der Waals surface area (Å²) in [5.41, 5.74) is 3.64. The molecule has 4 heteroatoms. The van der Waals surface area contributed by atoms with Crippen molar-refractivity contribution >= 4 is 27.5 Å². The Morgan fingerprint density at radius 2 is 2.20 bits per heavy atom. The topological polar surface area (TPSA) is 29.5 Å². The molecular formula is C16H22BrNO2. The molecule has 0 atom stereocenters. The molecule has 0 radical (unpaired) electrons. The van der Waals surface area contributed by atoms with E-state index in [1.54, 1.807) is 7.11 Å². The van der Waals surface area contributed by atoms with Crippen molar-refractivity contribution in [3.8, 4) is 0 Å². The Morgan fingerprint density at radius 3 is 2.85 bits per heavy atom. The number of halogens is 1. The van der Waals surface area contributed by atoms with Crippen LogP contribution in [0.25, 0.3) is 0 Å². The number of benzene rings is 1. The lowest BCUT2D eigenvalue weighted by atomic mass is 9.95. The Kier molecular flexibility index (Phi) is 4.86. The van der Waals surface area contributed by atoms with Crippen LogP contribution in [0.5, 0.6) is 0 Å². The summed E-state index contributed by atoms with van der Waals surface area (Å²) in [5.74, 6) is 0.0435. The van der Waals surface area contributed by atoms with E-state index in [9.17, 15) is 4.79 Å². The van der Waals surface area contributed by atoms with E-state index in [0.717, 1.165) is 31.5 Å². The van der Waals surface area contributed by atoms with E-state index in [-0.39, 0.29) is 16.8 Å². The number of ether oxygens (including phenoxy) is 1. The number of rotatable bonds is 4. The number of carbonyl (C=O) groups is 1. The number of amides is 1. The number of fused-ring (bicyclic) bond motifs is 1. The summed E-state index contributed by atoms with van der Waals surface area (Å²) in [7, 11) is 1.56. The molecular weight excluding hydrogens is 318 g/mol. The maximum Gasteiger partial charge on any atom is 0.252 e. The predicted octanol–water partition coefficient (Wildman–Crippen LogP) is 3.33. The van der Waals surface area contributed by atoms with Gasteiger partial charge < -0.3 is 9.64 Å². The average molecular weight is 340 g/mol. The molecule has 0 N–H and O–H groups in total. The van der Waals surface area contributed by atoms with Crippen molar-refractivity contribution in [3.05, 3.63) is 29.3 Å². The number of carbonyl (C=O) groups excluding carboxylic acids is 1. The molecule has 0 fully saturated rings. The molecule has 0 aliphatic carbocycles. The van der Waals surface area contributed by atoms with Crippen LogP contribution >= 0.6 is 15.9 Å². The summed E-state index contributed by atoms with van der Waals surface area (Å²) in [6, 6.07) is 6.45. The maximum atomic E-state index is 12.1. The Morgan fingerprint density at radius 1 is 1.45 bits per heavy atom. The standard InChI is InChI=1S/C16H22BrNO2/c1-16(2,17)10-12-6-7-14-13(9-12)5-4-8-18(14)15(19)11-20-3/h6-7,9H,4-5,8,10-11H2,1-3H3. The summed E-state index contributed by atoms with van der Waals surface area (Å²) < 4.78 is 5.06. The molecule has 1 heterocycles. The summed E-state index contributed by atoms with van der Waals surface area (Å²) in [6.45, 7) is 5.27.